The van der Waals surface area contributed by atoms with Crippen molar-refractivity contribution in [2.75, 3.05) is 0 Å². The molecular weight excluding hydrogens is 478 g/mol. The summed E-state index contributed by atoms with van der Waals surface area (Å²) in [4.78, 5) is 21.6. The fourth-order valence-corrected chi connectivity index (χ4v) is 4.68. The second-order valence-corrected chi connectivity index (χ2v) is 10.4. The Hall–Kier alpha value is -4.05. The molecule has 0 saturated heterocycles. The van der Waals surface area contributed by atoms with Gasteiger partial charge >= 0.3 is 0 Å². The normalized spacial score (nSPS) is 11.5. The molecule has 36 heavy (non-hydrogen) atoms. The maximum absolute atomic E-state index is 13.2. The number of hydrogen-bond donors (Lipinski definition) is 1. The summed E-state index contributed by atoms with van der Waals surface area (Å²) in [5.74, 6) is -0.353. The quantitative estimate of drug-likeness (QED) is 0.385. The number of aryl methyl sites for hydroxylation is 3. The third-order valence-electron chi connectivity index (χ3n) is 5.47. The van der Waals surface area contributed by atoms with E-state index in [2.05, 4.69) is 19.8 Å². The molecule has 0 atom stereocenters. The first-order chi connectivity index (χ1) is 17.0. The highest BCUT2D eigenvalue weighted by Gasteiger charge is 2.24. The van der Waals surface area contributed by atoms with Gasteiger partial charge in [0.25, 0.3) is 15.9 Å². The summed E-state index contributed by atoms with van der Waals surface area (Å²) in [5, 5.41) is 4.09. The summed E-state index contributed by atoms with van der Waals surface area (Å²) in [5.41, 5.74) is 4.02. The van der Waals surface area contributed by atoms with Crippen molar-refractivity contribution < 1.29 is 17.9 Å². The van der Waals surface area contributed by atoms with E-state index in [0.29, 0.717) is 11.4 Å². The summed E-state index contributed by atoms with van der Waals surface area (Å²) < 4.78 is 35.5. The molecule has 0 unspecified atom stereocenters. The number of hydrogen-bond acceptors (Lipinski definition) is 7. The van der Waals surface area contributed by atoms with Crippen molar-refractivity contribution in [3.05, 3.63) is 83.3 Å². The molecule has 0 aliphatic rings. The third kappa shape index (κ3) is 5.28. The lowest BCUT2D eigenvalue weighted by molar-refractivity contribution is 0.0978. The highest BCUT2D eigenvalue weighted by Crippen LogP contribution is 2.32. The lowest BCUT2D eigenvalue weighted by Crippen LogP contribution is -2.31. The molecule has 1 aromatic carbocycles. The van der Waals surface area contributed by atoms with Crippen molar-refractivity contribution in [1.82, 2.24) is 24.5 Å². The minimum Gasteiger partial charge on any atom is -0.438 e. The van der Waals surface area contributed by atoms with E-state index in [1.54, 1.807) is 23.0 Å². The molecule has 0 bridgehead atoms. The lowest BCUT2D eigenvalue weighted by atomic mass is 10.1. The first-order valence-corrected chi connectivity index (χ1v) is 12.8. The van der Waals surface area contributed by atoms with Crippen LogP contribution in [-0.4, -0.2) is 34.1 Å². The standard InChI is InChI=1S/C26H27N5O4S/c1-16(2)31-15-20(14-28-31)22-10-9-21(25(32)30-36(33,34)23-8-6-7-11-27-23)26(29-22)35-24-18(4)12-17(3)13-19(24)5/h6-16H,1-5H3,(H,30,32). The number of carbonyl (C=O) groups excluding carboxylic acids is 1. The summed E-state index contributed by atoms with van der Waals surface area (Å²) in [6.07, 6.45) is 4.87. The number of benzene rings is 1. The van der Waals surface area contributed by atoms with E-state index in [9.17, 15) is 13.2 Å². The van der Waals surface area contributed by atoms with Crippen molar-refractivity contribution in [1.29, 1.82) is 0 Å². The van der Waals surface area contributed by atoms with Gasteiger partial charge in [-0.25, -0.2) is 14.7 Å². The van der Waals surface area contributed by atoms with Crippen LogP contribution >= 0.6 is 0 Å². The van der Waals surface area contributed by atoms with E-state index in [1.807, 2.05) is 52.9 Å². The number of rotatable bonds is 7. The average Bonchev–Trinajstić information content (AvgIpc) is 3.32. The van der Waals surface area contributed by atoms with Gasteiger partial charge in [0.15, 0.2) is 5.03 Å². The van der Waals surface area contributed by atoms with Crippen LogP contribution in [0.5, 0.6) is 11.6 Å². The second-order valence-electron chi connectivity index (χ2n) is 8.78. The van der Waals surface area contributed by atoms with Gasteiger partial charge in [-0.05, 0) is 70.0 Å². The number of ether oxygens (including phenoxy) is 1. The molecule has 10 heteroatoms. The maximum atomic E-state index is 13.2. The molecule has 186 valence electrons. The van der Waals surface area contributed by atoms with Crippen LogP contribution in [0.2, 0.25) is 0 Å². The number of aromatic nitrogens is 4. The number of amides is 1. The summed E-state index contributed by atoms with van der Waals surface area (Å²) in [6, 6.07) is 11.6. The Labute approximate surface area is 210 Å². The average molecular weight is 506 g/mol. The molecule has 9 nitrogen and oxygen atoms in total. The van der Waals surface area contributed by atoms with Gasteiger partial charge in [-0.3, -0.25) is 9.48 Å². The molecule has 4 rings (SSSR count). The lowest BCUT2D eigenvalue weighted by Gasteiger charge is -2.15. The largest absolute Gasteiger partial charge is 0.438 e. The van der Waals surface area contributed by atoms with Gasteiger partial charge in [0, 0.05) is 24.0 Å². The zero-order valence-corrected chi connectivity index (χ0v) is 21.5. The van der Waals surface area contributed by atoms with E-state index in [4.69, 9.17) is 4.74 Å². The van der Waals surface area contributed by atoms with Gasteiger partial charge in [0.2, 0.25) is 5.88 Å². The van der Waals surface area contributed by atoms with Crippen molar-refractivity contribution >= 4 is 15.9 Å². The summed E-state index contributed by atoms with van der Waals surface area (Å²) in [6.45, 7) is 9.80. The Kier molecular flexibility index (Phi) is 6.89. The maximum Gasteiger partial charge on any atom is 0.281 e. The van der Waals surface area contributed by atoms with E-state index >= 15 is 0 Å². The van der Waals surface area contributed by atoms with E-state index < -0.39 is 15.9 Å². The van der Waals surface area contributed by atoms with Gasteiger partial charge in [-0.15, -0.1) is 0 Å². The van der Waals surface area contributed by atoms with Crippen LogP contribution in [0.15, 0.2) is 66.1 Å². The molecule has 0 saturated carbocycles. The van der Waals surface area contributed by atoms with Gasteiger partial charge in [-0.2, -0.15) is 13.5 Å². The highest BCUT2D eigenvalue weighted by molar-refractivity contribution is 7.90. The minimum atomic E-state index is -4.20. The Morgan fingerprint density at radius 3 is 2.39 bits per heavy atom. The smallest absolute Gasteiger partial charge is 0.281 e. The topological polar surface area (TPSA) is 116 Å². The third-order valence-corrected chi connectivity index (χ3v) is 6.72. The fraction of sp³-hybridized carbons (Fsp3) is 0.231. The van der Waals surface area contributed by atoms with Crippen molar-refractivity contribution in [2.45, 2.75) is 45.7 Å². The fourth-order valence-electron chi connectivity index (χ4n) is 3.76. The monoisotopic (exact) mass is 505 g/mol. The second kappa shape index (κ2) is 9.90. The van der Waals surface area contributed by atoms with Crippen LogP contribution in [0.4, 0.5) is 0 Å². The van der Waals surface area contributed by atoms with Crippen molar-refractivity contribution in [3.8, 4) is 22.9 Å². The van der Waals surface area contributed by atoms with Crippen LogP contribution in [0.1, 0.15) is 46.9 Å². The molecule has 1 N–H and O–H groups in total. The van der Waals surface area contributed by atoms with E-state index in [0.717, 1.165) is 22.3 Å². The van der Waals surface area contributed by atoms with E-state index in [1.165, 1.54) is 24.4 Å². The Morgan fingerprint density at radius 1 is 1.06 bits per heavy atom. The van der Waals surface area contributed by atoms with Gasteiger partial charge < -0.3 is 4.74 Å². The van der Waals surface area contributed by atoms with Gasteiger partial charge in [0.1, 0.15) is 11.3 Å². The minimum absolute atomic E-state index is 0.0198. The molecule has 3 heterocycles. The predicted octanol–water partition coefficient (Wildman–Crippen LogP) is 4.76. The zero-order valence-electron chi connectivity index (χ0n) is 20.7. The molecular formula is C26H27N5O4S. The zero-order chi connectivity index (χ0) is 26.0. The summed E-state index contributed by atoms with van der Waals surface area (Å²) >= 11 is 0. The molecule has 0 radical (unpaired) electrons. The van der Waals surface area contributed by atoms with Crippen LogP contribution in [-0.2, 0) is 10.0 Å². The molecule has 3 aromatic heterocycles. The highest BCUT2D eigenvalue weighted by atomic mass is 32.2. The Bertz CT molecular complexity index is 1510. The van der Waals surface area contributed by atoms with Crippen LogP contribution in [0, 0.1) is 20.8 Å². The number of carbonyl (C=O) groups is 1. The first-order valence-electron chi connectivity index (χ1n) is 11.3. The number of nitrogens with one attached hydrogen (secondary N) is 1. The molecule has 4 aromatic rings. The first kappa shape index (κ1) is 25.1. The predicted molar refractivity (Wildman–Crippen MR) is 135 cm³/mol. The number of nitrogens with zero attached hydrogens (tertiary/aromatic N) is 4. The number of sulfonamides is 1. The molecule has 0 spiro atoms. The van der Waals surface area contributed by atoms with Crippen molar-refractivity contribution in [2.24, 2.45) is 0 Å². The van der Waals surface area contributed by atoms with Crippen LogP contribution in [0.25, 0.3) is 11.3 Å². The van der Waals surface area contributed by atoms with Crippen molar-refractivity contribution in [3.63, 3.8) is 0 Å². The van der Waals surface area contributed by atoms with Gasteiger partial charge in [0.05, 0.1) is 11.9 Å². The molecule has 0 aliphatic carbocycles. The number of pyridine rings is 2. The Morgan fingerprint density at radius 2 is 1.78 bits per heavy atom. The molecule has 0 aliphatic heterocycles. The summed E-state index contributed by atoms with van der Waals surface area (Å²) in [7, 11) is -4.20. The SMILES string of the molecule is Cc1cc(C)c(Oc2nc(-c3cnn(C(C)C)c3)ccc2C(=O)NS(=O)(=O)c2ccccn2)c(C)c1. The van der Waals surface area contributed by atoms with Gasteiger partial charge in [-0.1, -0.05) is 23.8 Å². The molecule has 1 amide bonds. The Balaban J connectivity index is 1.77. The van der Waals surface area contributed by atoms with Crippen LogP contribution in [0.3, 0.4) is 0 Å². The van der Waals surface area contributed by atoms with Crippen LogP contribution < -0.4 is 9.46 Å². The van der Waals surface area contributed by atoms with E-state index in [-0.39, 0.29) is 22.5 Å². The molecule has 0 fully saturated rings.